The first-order valence-electron chi connectivity index (χ1n) is 5.59. The van der Waals surface area contributed by atoms with Crippen LogP contribution in [-0.2, 0) is 6.42 Å². The van der Waals surface area contributed by atoms with Crippen molar-refractivity contribution in [3.8, 4) is 0 Å². The summed E-state index contributed by atoms with van der Waals surface area (Å²) in [5.41, 5.74) is 1.33. The zero-order chi connectivity index (χ0) is 11.0. The average Bonchev–Trinajstić information content (AvgIpc) is 2.38. The summed E-state index contributed by atoms with van der Waals surface area (Å²) in [6.45, 7) is 4.01. The summed E-state index contributed by atoms with van der Waals surface area (Å²) in [5.74, 6) is 0. The minimum absolute atomic E-state index is 0.839. The van der Waals surface area contributed by atoms with Crippen molar-refractivity contribution in [1.82, 2.24) is 0 Å². The second-order valence-electron chi connectivity index (χ2n) is 4.05. The summed E-state index contributed by atoms with van der Waals surface area (Å²) in [6, 6.07) is 19.4. The Morgan fingerprint density at radius 1 is 0.750 bits per heavy atom. The Balaban J connectivity index is 2.57. The molecule has 0 amide bonds. The molecule has 0 unspecified atom stereocenters. The molecule has 0 saturated heterocycles. The molecule has 0 N–H and O–H groups in total. The molecule has 3 aromatic carbocycles. The van der Waals surface area contributed by atoms with E-state index in [1.54, 1.807) is 0 Å². The molecule has 1 radical (unpaired) electrons. The van der Waals surface area contributed by atoms with Gasteiger partial charge >= 0.3 is 0 Å². The van der Waals surface area contributed by atoms with Gasteiger partial charge in [-0.05, 0) is 40.5 Å². The average molecular weight is 205 g/mol. The van der Waals surface area contributed by atoms with E-state index in [9.17, 15) is 0 Å². The molecule has 3 rings (SSSR count). The fourth-order valence-corrected chi connectivity index (χ4v) is 2.34. The van der Waals surface area contributed by atoms with Crippen molar-refractivity contribution in [2.45, 2.75) is 6.42 Å². The lowest BCUT2D eigenvalue weighted by Gasteiger charge is -2.08. The molecule has 0 nitrogen and oxygen atoms in total. The molecular weight excluding hydrogens is 192 g/mol. The van der Waals surface area contributed by atoms with Crippen molar-refractivity contribution in [3.05, 3.63) is 67.1 Å². The summed E-state index contributed by atoms with van der Waals surface area (Å²) in [5, 5.41) is 5.30. The van der Waals surface area contributed by atoms with Gasteiger partial charge in [-0.25, -0.2) is 0 Å². The molecule has 0 atom stereocenters. The van der Waals surface area contributed by atoms with Gasteiger partial charge in [0, 0.05) is 0 Å². The lowest BCUT2D eigenvalue weighted by Crippen LogP contribution is -1.85. The molecule has 77 valence electrons. The zero-order valence-electron chi connectivity index (χ0n) is 9.11. The van der Waals surface area contributed by atoms with E-state index >= 15 is 0 Å². The van der Waals surface area contributed by atoms with Crippen molar-refractivity contribution >= 4 is 21.5 Å². The van der Waals surface area contributed by atoms with Gasteiger partial charge in [0.2, 0.25) is 0 Å². The molecule has 0 heteroatoms. The third-order valence-corrected chi connectivity index (χ3v) is 3.12. The first-order valence-corrected chi connectivity index (χ1v) is 5.59. The molecule has 0 bridgehead atoms. The summed E-state index contributed by atoms with van der Waals surface area (Å²) in [6.07, 6.45) is 0.839. The van der Waals surface area contributed by atoms with Crippen LogP contribution in [-0.4, -0.2) is 0 Å². The third-order valence-electron chi connectivity index (χ3n) is 3.12. The minimum Gasteiger partial charge on any atom is -0.0616 e. The van der Waals surface area contributed by atoms with Gasteiger partial charge in [0.1, 0.15) is 0 Å². The minimum atomic E-state index is 0.839. The van der Waals surface area contributed by atoms with Crippen molar-refractivity contribution < 1.29 is 0 Å². The Labute approximate surface area is 95.5 Å². The maximum atomic E-state index is 4.01. The maximum absolute atomic E-state index is 4.01. The molecule has 0 aromatic heterocycles. The normalized spacial score (nSPS) is 11.1. The Hall–Kier alpha value is -1.82. The highest BCUT2D eigenvalue weighted by Gasteiger charge is 2.03. The van der Waals surface area contributed by atoms with Crippen LogP contribution in [0.15, 0.2) is 54.6 Å². The van der Waals surface area contributed by atoms with Crippen molar-refractivity contribution in [3.63, 3.8) is 0 Å². The van der Waals surface area contributed by atoms with E-state index in [0.717, 1.165) is 6.42 Å². The number of hydrogen-bond donors (Lipinski definition) is 0. The van der Waals surface area contributed by atoms with Gasteiger partial charge in [0.05, 0.1) is 0 Å². The lowest BCUT2D eigenvalue weighted by atomic mass is 9.96. The van der Waals surface area contributed by atoms with Crippen LogP contribution in [0.5, 0.6) is 0 Å². The number of fused-ring (bicyclic) bond motifs is 3. The smallest absolute Gasteiger partial charge is 0.0103 e. The Morgan fingerprint density at radius 3 is 2.12 bits per heavy atom. The molecule has 0 heterocycles. The molecule has 0 aliphatic heterocycles. The Morgan fingerprint density at radius 2 is 1.38 bits per heavy atom. The quantitative estimate of drug-likeness (QED) is 0.517. The molecular formula is C16H13. The number of hydrogen-bond acceptors (Lipinski definition) is 0. The van der Waals surface area contributed by atoms with Gasteiger partial charge < -0.3 is 0 Å². The first kappa shape index (κ1) is 9.41. The number of benzene rings is 3. The van der Waals surface area contributed by atoms with E-state index < -0.39 is 0 Å². The third kappa shape index (κ3) is 1.30. The molecule has 3 aromatic rings. The van der Waals surface area contributed by atoms with Crippen LogP contribution >= 0.6 is 0 Å². The molecule has 0 saturated carbocycles. The van der Waals surface area contributed by atoms with Gasteiger partial charge in [-0.3, -0.25) is 0 Å². The summed E-state index contributed by atoms with van der Waals surface area (Å²) < 4.78 is 0. The van der Waals surface area contributed by atoms with Crippen LogP contribution in [0.25, 0.3) is 21.5 Å². The Bertz CT molecular complexity index is 650. The SMILES string of the molecule is [CH2]Cc1cc2ccccc2c2ccccc12. The monoisotopic (exact) mass is 205 g/mol. The summed E-state index contributed by atoms with van der Waals surface area (Å²) in [7, 11) is 0. The standard InChI is InChI=1S/C16H13/c1-2-12-11-13-7-3-4-9-15(13)16-10-6-5-8-14(12)16/h3-11H,1-2H2. The summed E-state index contributed by atoms with van der Waals surface area (Å²) >= 11 is 0. The van der Waals surface area contributed by atoms with Crippen LogP contribution < -0.4 is 0 Å². The largest absolute Gasteiger partial charge is 0.0616 e. The highest BCUT2D eigenvalue weighted by Crippen LogP contribution is 2.28. The van der Waals surface area contributed by atoms with E-state index in [4.69, 9.17) is 0 Å². The highest BCUT2D eigenvalue weighted by atomic mass is 14.1. The predicted molar refractivity (Wildman–Crippen MR) is 70.5 cm³/mol. The van der Waals surface area contributed by atoms with Gasteiger partial charge in [0.15, 0.2) is 0 Å². The molecule has 0 aliphatic rings. The van der Waals surface area contributed by atoms with Crippen molar-refractivity contribution in [2.24, 2.45) is 0 Å². The topological polar surface area (TPSA) is 0 Å². The van der Waals surface area contributed by atoms with Gasteiger partial charge in [-0.15, -0.1) is 0 Å². The van der Waals surface area contributed by atoms with E-state index in [-0.39, 0.29) is 0 Å². The number of rotatable bonds is 1. The fourth-order valence-electron chi connectivity index (χ4n) is 2.34. The highest BCUT2D eigenvalue weighted by molar-refractivity contribution is 6.08. The van der Waals surface area contributed by atoms with Crippen LogP contribution in [0.2, 0.25) is 0 Å². The van der Waals surface area contributed by atoms with Gasteiger partial charge in [-0.2, -0.15) is 0 Å². The van der Waals surface area contributed by atoms with Crippen molar-refractivity contribution in [2.75, 3.05) is 0 Å². The second kappa shape index (κ2) is 3.64. The maximum Gasteiger partial charge on any atom is -0.0103 e. The molecule has 0 fully saturated rings. The summed E-state index contributed by atoms with van der Waals surface area (Å²) in [4.78, 5) is 0. The second-order valence-corrected chi connectivity index (χ2v) is 4.05. The predicted octanol–water partition coefficient (Wildman–Crippen LogP) is 4.37. The molecule has 16 heavy (non-hydrogen) atoms. The van der Waals surface area contributed by atoms with Gasteiger partial charge in [-0.1, -0.05) is 54.6 Å². The Kier molecular flexibility index (Phi) is 2.14. The van der Waals surface area contributed by atoms with E-state index in [2.05, 4.69) is 61.5 Å². The van der Waals surface area contributed by atoms with Crippen LogP contribution in [0.3, 0.4) is 0 Å². The van der Waals surface area contributed by atoms with Crippen LogP contribution in [0.4, 0.5) is 0 Å². The van der Waals surface area contributed by atoms with Gasteiger partial charge in [0.25, 0.3) is 0 Å². The van der Waals surface area contributed by atoms with Crippen molar-refractivity contribution in [1.29, 1.82) is 0 Å². The molecule has 0 aliphatic carbocycles. The first-order chi connectivity index (χ1) is 7.90. The van der Waals surface area contributed by atoms with E-state index in [0.29, 0.717) is 0 Å². The van der Waals surface area contributed by atoms with Crippen LogP contribution in [0, 0.1) is 6.92 Å². The fraction of sp³-hybridized carbons (Fsp3) is 0.0625. The van der Waals surface area contributed by atoms with E-state index in [1.165, 1.54) is 27.1 Å². The lowest BCUT2D eigenvalue weighted by molar-refractivity contribution is 1.31. The van der Waals surface area contributed by atoms with Crippen LogP contribution in [0.1, 0.15) is 5.56 Å². The zero-order valence-corrected chi connectivity index (χ0v) is 9.11. The van der Waals surface area contributed by atoms with E-state index in [1.807, 2.05) is 0 Å². The molecule has 0 spiro atoms.